The number of benzene rings is 2. The van der Waals surface area contributed by atoms with Gasteiger partial charge in [0.15, 0.2) is 0 Å². The summed E-state index contributed by atoms with van der Waals surface area (Å²) >= 11 is 0. The van der Waals surface area contributed by atoms with Crippen LogP contribution in [0.5, 0.6) is 5.75 Å². The van der Waals surface area contributed by atoms with Crippen molar-refractivity contribution in [3.63, 3.8) is 0 Å². The summed E-state index contributed by atoms with van der Waals surface area (Å²) < 4.78 is 7.22. The molecule has 0 radical (unpaired) electrons. The summed E-state index contributed by atoms with van der Waals surface area (Å²) in [5, 5.41) is 11.7. The van der Waals surface area contributed by atoms with Crippen LogP contribution >= 0.6 is 0 Å². The summed E-state index contributed by atoms with van der Waals surface area (Å²) in [6.07, 6.45) is 4.36. The zero-order valence-corrected chi connectivity index (χ0v) is 17.4. The van der Waals surface area contributed by atoms with Crippen LogP contribution in [0.15, 0.2) is 59.4 Å². The maximum atomic E-state index is 13.0. The topological polar surface area (TPSA) is 111 Å². The van der Waals surface area contributed by atoms with Gasteiger partial charge in [-0.05, 0) is 60.9 Å². The van der Waals surface area contributed by atoms with Crippen molar-refractivity contribution in [2.75, 3.05) is 11.9 Å². The third-order valence-corrected chi connectivity index (χ3v) is 5.00. The molecule has 0 bridgehead atoms. The van der Waals surface area contributed by atoms with Crippen LogP contribution in [0.25, 0.3) is 22.6 Å². The van der Waals surface area contributed by atoms with Crippen molar-refractivity contribution >= 4 is 40.1 Å². The highest BCUT2D eigenvalue weighted by molar-refractivity contribution is 6.03. The number of rotatable bonds is 6. The molecule has 0 saturated heterocycles. The molecule has 2 aromatic carbocycles. The Morgan fingerprint density at radius 1 is 1.22 bits per heavy atom. The number of anilines is 1. The molecule has 1 aliphatic rings. The van der Waals surface area contributed by atoms with Gasteiger partial charge >= 0.3 is 5.97 Å². The number of ether oxygens (including phenoxy) is 1. The Morgan fingerprint density at radius 2 is 2.06 bits per heavy atom. The zero-order chi connectivity index (χ0) is 22.7. The number of nitrogens with zero attached hydrogens (tertiary/aromatic N) is 2. The van der Waals surface area contributed by atoms with Crippen molar-refractivity contribution in [2.45, 2.75) is 19.9 Å². The largest absolute Gasteiger partial charge is 0.494 e. The summed E-state index contributed by atoms with van der Waals surface area (Å²) in [5.41, 5.74) is 2.64. The van der Waals surface area contributed by atoms with Gasteiger partial charge in [-0.3, -0.25) is 14.2 Å². The van der Waals surface area contributed by atoms with Gasteiger partial charge < -0.3 is 15.2 Å². The molecule has 8 nitrogen and oxygen atoms in total. The predicted molar refractivity (Wildman–Crippen MR) is 122 cm³/mol. The number of fused-ring (bicyclic) bond motifs is 2. The summed E-state index contributed by atoms with van der Waals surface area (Å²) in [5.74, 6) is -0.422. The molecular formula is C24H21N3O5. The first-order chi connectivity index (χ1) is 15.4. The van der Waals surface area contributed by atoms with Gasteiger partial charge in [0.25, 0.3) is 5.56 Å². The second-order valence-electron chi connectivity index (χ2n) is 7.21. The minimum absolute atomic E-state index is 0.139. The molecule has 32 heavy (non-hydrogen) atoms. The number of hydrogen-bond donors (Lipinski definition) is 2. The van der Waals surface area contributed by atoms with Gasteiger partial charge in [-0.1, -0.05) is 12.1 Å². The molecular weight excluding hydrogens is 410 g/mol. The number of carboxylic acid groups (broad SMARTS) is 1. The summed E-state index contributed by atoms with van der Waals surface area (Å²) in [6.45, 7) is 3.06. The monoisotopic (exact) mass is 431 g/mol. The van der Waals surface area contributed by atoms with Gasteiger partial charge in [-0.15, -0.1) is 0 Å². The van der Waals surface area contributed by atoms with Crippen molar-refractivity contribution < 1.29 is 19.4 Å². The van der Waals surface area contributed by atoms with Crippen LogP contribution in [0.2, 0.25) is 0 Å². The number of carbonyl (C=O) groups excluding carboxylic acids is 1. The molecule has 8 heteroatoms. The highest BCUT2D eigenvalue weighted by Crippen LogP contribution is 2.29. The molecule has 0 saturated carbocycles. The first-order valence-electron chi connectivity index (χ1n) is 10.1. The lowest BCUT2D eigenvalue weighted by atomic mass is 10.1. The van der Waals surface area contributed by atoms with Gasteiger partial charge in [0, 0.05) is 24.4 Å². The molecule has 3 aromatic rings. The summed E-state index contributed by atoms with van der Waals surface area (Å²) in [6, 6.07) is 12.5. The van der Waals surface area contributed by atoms with E-state index in [1.807, 2.05) is 37.3 Å². The molecule has 1 amide bonds. The standard InChI is InChI=1S/C24H21N3O5/c1-2-32-18-5-3-4-15(13-18)12-16-10-11-27-23(16)26-20-14-17(6-7-19(20)24(27)31)25-21(28)8-9-22(29)30/h3-9,12-14H,2,10-11H2,1H3,(H,25,28)(H,29,30)/b9-8+,16-12?. The van der Waals surface area contributed by atoms with Gasteiger partial charge in [0.2, 0.25) is 5.91 Å². The lowest BCUT2D eigenvalue weighted by molar-refractivity contribution is -0.131. The normalized spacial score (nSPS) is 14.1. The number of aromatic nitrogens is 2. The lowest BCUT2D eigenvalue weighted by Gasteiger charge is -2.08. The number of aliphatic carboxylic acids is 1. The van der Waals surface area contributed by atoms with E-state index in [9.17, 15) is 14.4 Å². The zero-order valence-electron chi connectivity index (χ0n) is 17.4. The van der Waals surface area contributed by atoms with Crippen LogP contribution in [-0.4, -0.2) is 33.1 Å². The van der Waals surface area contributed by atoms with Gasteiger partial charge in [-0.2, -0.15) is 0 Å². The molecule has 2 N–H and O–H groups in total. The number of allylic oxidation sites excluding steroid dienone is 1. The fraction of sp³-hybridized carbons (Fsp3) is 0.167. The number of amides is 1. The molecule has 1 aromatic heterocycles. The maximum Gasteiger partial charge on any atom is 0.328 e. The Bertz CT molecular complexity index is 1340. The van der Waals surface area contributed by atoms with E-state index in [4.69, 9.17) is 14.8 Å². The SMILES string of the molecule is CCOc1cccc(C=C2CCn3c2nc2cc(NC(=O)/C=C/C(=O)O)ccc2c3=O)c1. The predicted octanol–water partition coefficient (Wildman–Crippen LogP) is 3.32. The first kappa shape index (κ1) is 21.0. The van der Waals surface area contributed by atoms with E-state index in [0.29, 0.717) is 42.0 Å². The number of carbonyl (C=O) groups is 2. The third kappa shape index (κ3) is 4.44. The van der Waals surface area contributed by atoms with Gasteiger partial charge in [0.05, 0.1) is 17.5 Å². The molecule has 1 aliphatic heterocycles. The van der Waals surface area contributed by atoms with Crippen molar-refractivity contribution in [3.05, 3.63) is 76.4 Å². The second-order valence-corrected chi connectivity index (χ2v) is 7.21. The fourth-order valence-corrected chi connectivity index (χ4v) is 3.63. The van der Waals surface area contributed by atoms with Crippen molar-refractivity contribution in [2.24, 2.45) is 0 Å². The molecule has 2 heterocycles. The average molecular weight is 431 g/mol. The van der Waals surface area contributed by atoms with E-state index in [2.05, 4.69) is 5.32 Å². The Hall–Kier alpha value is -4.20. The highest BCUT2D eigenvalue weighted by Gasteiger charge is 2.21. The molecule has 0 atom stereocenters. The fourth-order valence-electron chi connectivity index (χ4n) is 3.63. The van der Waals surface area contributed by atoms with Crippen LogP contribution in [0.1, 0.15) is 24.7 Å². The molecule has 162 valence electrons. The Kier molecular flexibility index (Phi) is 5.85. The quantitative estimate of drug-likeness (QED) is 0.580. The van der Waals surface area contributed by atoms with E-state index in [1.165, 1.54) is 0 Å². The third-order valence-electron chi connectivity index (χ3n) is 5.00. The number of hydrogen-bond acceptors (Lipinski definition) is 5. The van der Waals surface area contributed by atoms with Gasteiger partial charge in [-0.25, -0.2) is 9.78 Å². The molecule has 4 rings (SSSR count). The van der Waals surface area contributed by atoms with E-state index in [0.717, 1.165) is 29.0 Å². The van der Waals surface area contributed by atoms with E-state index < -0.39 is 11.9 Å². The van der Waals surface area contributed by atoms with Crippen molar-refractivity contribution in [3.8, 4) is 5.75 Å². The lowest BCUT2D eigenvalue weighted by Crippen LogP contribution is -2.21. The smallest absolute Gasteiger partial charge is 0.328 e. The van der Waals surface area contributed by atoms with E-state index in [1.54, 1.807) is 22.8 Å². The van der Waals surface area contributed by atoms with Crippen LogP contribution in [0.4, 0.5) is 5.69 Å². The molecule has 0 fully saturated rings. The minimum Gasteiger partial charge on any atom is -0.494 e. The van der Waals surface area contributed by atoms with Crippen molar-refractivity contribution in [1.82, 2.24) is 9.55 Å². The summed E-state index contributed by atoms with van der Waals surface area (Å²) in [7, 11) is 0. The number of nitrogens with one attached hydrogen (secondary N) is 1. The second kappa shape index (κ2) is 8.89. The Morgan fingerprint density at radius 3 is 2.84 bits per heavy atom. The van der Waals surface area contributed by atoms with Crippen LogP contribution in [-0.2, 0) is 16.1 Å². The van der Waals surface area contributed by atoms with Crippen LogP contribution in [0.3, 0.4) is 0 Å². The van der Waals surface area contributed by atoms with Gasteiger partial charge in [0.1, 0.15) is 11.6 Å². The first-order valence-corrected chi connectivity index (χ1v) is 10.1. The molecule has 0 aliphatic carbocycles. The Labute approximate surface area is 183 Å². The minimum atomic E-state index is -1.21. The molecule has 0 unspecified atom stereocenters. The Balaban J connectivity index is 1.69. The highest BCUT2D eigenvalue weighted by atomic mass is 16.5. The molecule has 0 spiro atoms. The van der Waals surface area contributed by atoms with Crippen molar-refractivity contribution in [1.29, 1.82) is 0 Å². The summed E-state index contributed by atoms with van der Waals surface area (Å²) in [4.78, 5) is 40.1. The van der Waals surface area contributed by atoms with Crippen LogP contribution in [0, 0.1) is 0 Å². The van der Waals surface area contributed by atoms with Crippen LogP contribution < -0.4 is 15.6 Å². The maximum absolute atomic E-state index is 13.0. The van der Waals surface area contributed by atoms with E-state index in [-0.39, 0.29) is 5.56 Å². The number of carboxylic acids is 1. The average Bonchev–Trinajstić information content (AvgIpc) is 3.15. The van der Waals surface area contributed by atoms with E-state index >= 15 is 0 Å².